The quantitative estimate of drug-likeness (QED) is 0.805. The normalized spacial score (nSPS) is 16.0. The van der Waals surface area contributed by atoms with Gasteiger partial charge in [0.15, 0.2) is 0 Å². The number of para-hydroxylation sites is 2. The number of carboxylic acid groups (broad SMARTS) is 1. The first kappa shape index (κ1) is 16.6. The number of carbonyl (C=O) groups is 1. The summed E-state index contributed by atoms with van der Waals surface area (Å²) in [6, 6.07) is 8.05. The standard InChI is InChI=1S/C16H25N3O3/c1-17(2)11-12-22-15-6-4-3-5-14(15)19-9-7-18(8-10-19)13-16(20)21/h3-6H,7-13H2,1-2H3,(H,20,21). The summed E-state index contributed by atoms with van der Waals surface area (Å²) < 4.78 is 5.90. The molecule has 22 heavy (non-hydrogen) atoms. The molecule has 1 N–H and O–H groups in total. The SMILES string of the molecule is CN(C)CCOc1ccccc1N1CCN(CC(=O)O)CC1. The van der Waals surface area contributed by atoms with E-state index in [1.54, 1.807) is 0 Å². The van der Waals surface area contributed by atoms with Gasteiger partial charge >= 0.3 is 5.97 Å². The van der Waals surface area contributed by atoms with E-state index in [4.69, 9.17) is 9.84 Å². The van der Waals surface area contributed by atoms with Gasteiger partial charge in [-0.1, -0.05) is 12.1 Å². The molecule has 0 radical (unpaired) electrons. The Bertz CT molecular complexity index is 485. The van der Waals surface area contributed by atoms with Gasteiger partial charge in [-0.25, -0.2) is 0 Å². The molecule has 1 aromatic rings. The monoisotopic (exact) mass is 307 g/mol. The Labute approximate surface area is 131 Å². The van der Waals surface area contributed by atoms with Crippen LogP contribution in [-0.4, -0.2) is 80.8 Å². The number of ether oxygens (including phenoxy) is 1. The van der Waals surface area contributed by atoms with E-state index in [0.717, 1.165) is 44.2 Å². The molecule has 1 heterocycles. The van der Waals surface area contributed by atoms with Crippen LogP contribution >= 0.6 is 0 Å². The third-order valence-corrected chi connectivity index (χ3v) is 3.73. The highest BCUT2D eigenvalue weighted by Crippen LogP contribution is 2.28. The Morgan fingerprint density at radius 2 is 1.91 bits per heavy atom. The molecule has 122 valence electrons. The highest BCUT2D eigenvalue weighted by atomic mass is 16.5. The lowest BCUT2D eigenvalue weighted by Crippen LogP contribution is -2.48. The van der Waals surface area contributed by atoms with Gasteiger partial charge in [-0.2, -0.15) is 0 Å². The Morgan fingerprint density at radius 3 is 2.55 bits per heavy atom. The number of anilines is 1. The summed E-state index contributed by atoms with van der Waals surface area (Å²) in [6.07, 6.45) is 0. The minimum Gasteiger partial charge on any atom is -0.490 e. The van der Waals surface area contributed by atoms with Crippen molar-refractivity contribution in [1.82, 2.24) is 9.80 Å². The second-order valence-electron chi connectivity index (χ2n) is 5.78. The molecule has 1 aliphatic rings. The Hall–Kier alpha value is -1.79. The molecule has 0 unspecified atom stereocenters. The molecule has 1 saturated heterocycles. The molecular weight excluding hydrogens is 282 g/mol. The Balaban J connectivity index is 1.93. The zero-order chi connectivity index (χ0) is 15.9. The van der Waals surface area contributed by atoms with Crippen LogP contribution in [0.25, 0.3) is 0 Å². The molecule has 0 spiro atoms. The number of nitrogens with zero attached hydrogens (tertiary/aromatic N) is 3. The molecule has 0 bridgehead atoms. The van der Waals surface area contributed by atoms with Crippen LogP contribution in [0.2, 0.25) is 0 Å². The number of hydrogen-bond donors (Lipinski definition) is 1. The van der Waals surface area contributed by atoms with Crippen molar-refractivity contribution in [3.05, 3.63) is 24.3 Å². The number of hydrogen-bond acceptors (Lipinski definition) is 5. The fourth-order valence-corrected chi connectivity index (χ4v) is 2.52. The maximum atomic E-state index is 10.8. The zero-order valence-corrected chi connectivity index (χ0v) is 13.4. The summed E-state index contributed by atoms with van der Waals surface area (Å²) in [5.41, 5.74) is 1.09. The molecule has 2 rings (SSSR count). The number of rotatable bonds is 7. The van der Waals surface area contributed by atoms with Gasteiger partial charge in [-0.05, 0) is 26.2 Å². The van der Waals surface area contributed by atoms with Crippen molar-refractivity contribution >= 4 is 11.7 Å². The maximum Gasteiger partial charge on any atom is 0.317 e. The van der Waals surface area contributed by atoms with E-state index in [9.17, 15) is 4.79 Å². The van der Waals surface area contributed by atoms with Gasteiger partial charge in [0.05, 0.1) is 12.2 Å². The molecule has 0 amide bonds. The fourth-order valence-electron chi connectivity index (χ4n) is 2.52. The molecule has 0 aromatic heterocycles. The molecule has 1 fully saturated rings. The summed E-state index contributed by atoms with van der Waals surface area (Å²) in [5, 5.41) is 8.86. The van der Waals surface area contributed by atoms with Gasteiger partial charge in [0.25, 0.3) is 0 Å². The predicted molar refractivity (Wildman–Crippen MR) is 86.8 cm³/mol. The third kappa shape index (κ3) is 4.89. The van der Waals surface area contributed by atoms with Crippen molar-refractivity contribution in [2.24, 2.45) is 0 Å². The number of benzene rings is 1. The first-order valence-corrected chi connectivity index (χ1v) is 7.62. The molecule has 0 atom stereocenters. The van der Waals surface area contributed by atoms with Gasteiger partial charge in [0.1, 0.15) is 12.4 Å². The summed E-state index contributed by atoms with van der Waals surface area (Å²) in [5.74, 6) is 0.136. The van der Waals surface area contributed by atoms with Crippen LogP contribution in [0, 0.1) is 0 Å². The molecular formula is C16H25N3O3. The van der Waals surface area contributed by atoms with Crippen LogP contribution in [-0.2, 0) is 4.79 Å². The van der Waals surface area contributed by atoms with E-state index in [2.05, 4.69) is 15.9 Å². The average Bonchev–Trinajstić information content (AvgIpc) is 2.48. The molecule has 0 aliphatic carbocycles. The van der Waals surface area contributed by atoms with Gasteiger partial charge in [0, 0.05) is 32.7 Å². The van der Waals surface area contributed by atoms with Crippen LogP contribution < -0.4 is 9.64 Å². The molecule has 6 heteroatoms. The minimum absolute atomic E-state index is 0.120. The lowest BCUT2D eigenvalue weighted by Gasteiger charge is -2.36. The zero-order valence-electron chi connectivity index (χ0n) is 13.4. The van der Waals surface area contributed by atoms with Crippen molar-refractivity contribution in [3.63, 3.8) is 0 Å². The van der Waals surface area contributed by atoms with E-state index < -0.39 is 5.97 Å². The lowest BCUT2D eigenvalue weighted by atomic mass is 10.2. The number of likely N-dealkylation sites (N-methyl/N-ethyl adjacent to an activating group) is 1. The van der Waals surface area contributed by atoms with Crippen LogP contribution in [0.3, 0.4) is 0 Å². The number of aliphatic carboxylic acids is 1. The van der Waals surface area contributed by atoms with Gasteiger partial charge in [0.2, 0.25) is 0 Å². The van der Waals surface area contributed by atoms with E-state index in [0.29, 0.717) is 6.61 Å². The molecule has 6 nitrogen and oxygen atoms in total. The van der Waals surface area contributed by atoms with E-state index in [1.807, 2.05) is 37.2 Å². The fraction of sp³-hybridized carbons (Fsp3) is 0.562. The van der Waals surface area contributed by atoms with Gasteiger partial charge < -0.3 is 19.6 Å². The Kier molecular flexibility index (Phi) is 6.03. The number of carboxylic acids is 1. The first-order valence-electron chi connectivity index (χ1n) is 7.62. The maximum absolute atomic E-state index is 10.8. The van der Waals surface area contributed by atoms with E-state index in [-0.39, 0.29) is 6.54 Å². The van der Waals surface area contributed by atoms with Crippen LogP contribution in [0.15, 0.2) is 24.3 Å². The second kappa shape index (κ2) is 8.00. The molecule has 1 aromatic carbocycles. The summed E-state index contributed by atoms with van der Waals surface area (Å²) in [4.78, 5) is 17.1. The smallest absolute Gasteiger partial charge is 0.317 e. The van der Waals surface area contributed by atoms with Gasteiger partial charge in [-0.15, -0.1) is 0 Å². The van der Waals surface area contributed by atoms with Crippen LogP contribution in [0.5, 0.6) is 5.75 Å². The van der Waals surface area contributed by atoms with Crippen LogP contribution in [0.4, 0.5) is 5.69 Å². The molecule has 0 saturated carbocycles. The lowest BCUT2D eigenvalue weighted by molar-refractivity contribution is -0.138. The van der Waals surface area contributed by atoms with Crippen LogP contribution in [0.1, 0.15) is 0 Å². The predicted octanol–water partition coefficient (Wildman–Crippen LogP) is 0.834. The Morgan fingerprint density at radius 1 is 1.23 bits per heavy atom. The second-order valence-corrected chi connectivity index (χ2v) is 5.78. The topological polar surface area (TPSA) is 56.2 Å². The average molecular weight is 307 g/mol. The minimum atomic E-state index is -0.763. The number of piperazine rings is 1. The van der Waals surface area contributed by atoms with Crippen molar-refractivity contribution in [2.45, 2.75) is 0 Å². The van der Waals surface area contributed by atoms with E-state index in [1.165, 1.54) is 0 Å². The summed E-state index contributed by atoms with van der Waals surface area (Å²) in [7, 11) is 4.05. The third-order valence-electron chi connectivity index (χ3n) is 3.73. The first-order chi connectivity index (χ1) is 10.6. The van der Waals surface area contributed by atoms with E-state index >= 15 is 0 Å². The summed E-state index contributed by atoms with van der Waals surface area (Å²) in [6.45, 7) is 4.82. The van der Waals surface area contributed by atoms with Crippen molar-refractivity contribution in [3.8, 4) is 5.75 Å². The largest absolute Gasteiger partial charge is 0.490 e. The highest BCUT2D eigenvalue weighted by Gasteiger charge is 2.20. The van der Waals surface area contributed by atoms with Crippen molar-refractivity contribution in [1.29, 1.82) is 0 Å². The molecule has 1 aliphatic heterocycles. The van der Waals surface area contributed by atoms with Crippen molar-refractivity contribution < 1.29 is 14.6 Å². The van der Waals surface area contributed by atoms with Gasteiger partial charge in [-0.3, -0.25) is 9.69 Å². The highest BCUT2D eigenvalue weighted by molar-refractivity contribution is 5.69. The summed E-state index contributed by atoms with van der Waals surface area (Å²) >= 11 is 0. The van der Waals surface area contributed by atoms with Crippen molar-refractivity contribution in [2.75, 3.05) is 64.9 Å².